The van der Waals surface area contributed by atoms with Crippen molar-refractivity contribution in [1.82, 2.24) is 10.2 Å². The number of nitro groups is 1. The van der Waals surface area contributed by atoms with Gasteiger partial charge in [-0.2, -0.15) is 0 Å². The van der Waals surface area contributed by atoms with E-state index < -0.39 is 28.1 Å². The van der Waals surface area contributed by atoms with Gasteiger partial charge in [-0.05, 0) is 63.9 Å². The lowest BCUT2D eigenvalue weighted by Crippen LogP contribution is -2.48. The zero-order valence-electron chi connectivity index (χ0n) is 25.0. The minimum absolute atomic E-state index is 0.0865. The van der Waals surface area contributed by atoms with E-state index in [1.54, 1.807) is 26.0 Å². The summed E-state index contributed by atoms with van der Waals surface area (Å²) in [5.74, 6) is -2.65. The number of nitrogens with one attached hydrogen (secondary N) is 1. The molecule has 0 radical (unpaired) electrons. The van der Waals surface area contributed by atoms with E-state index >= 15 is 0 Å². The van der Waals surface area contributed by atoms with Crippen molar-refractivity contribution in [2.45, 2.75) is 44.4 Å². The van der Waals surface area contributed by atoms with Gasteiger partial charge in [-0.3, -0.25) is 29.5 Å². The van der Waals surface area contributed by atoms with Gasteiger partial charge in [0.15, 0.2) is 0 Å². The van der Waals surface area contributed by atoms with E-state index in [-0.39, 0.29) is 17.6 Å². The van der Waals surface area contributed by atoms with Crippen LogP contribution in [0.1, 0.15) is 50.2 Å². The van der Waals surface area contributed by atoms with E-state index in [1.165, 1.54) is 26.4 Å². The Morgan fingerprint density at radius 1 is 1.02 bits per heavy atom. The minimum Gasteiger partial charge on any atom is -0.468 e. The molecule has 0 aromatic heterocycles. The van der Waals surface area contributed by atoms with Gasteiger partial charge in [-0.1, -0.05) is 42.5 Å². The summed E-state index contributed by atoms with van der Waals surface area (Å²) >= 11 is 0. The van der Waals surface area contributed by atoms with Gasteiger partial charge in [0.25, 0.3) is 5.69 Å². The van der Waals surface area contributed by atoms with E-state index in [1.807, 2.05) is 30.3 Å². The van der Waals surface area contributed by atoms with Crippen molar-refractivity contribution in [1.29, 1.82) is 0 Å². The molecule has 0 aliphatic carbocycles. The number of hydrogen-bond acceptors (Lipinski definition) is 9. The number of rotatable bonds is 10. The highest BCUT2D eigenvalue weighted by Gasteiger charge is 2.44. The van der Waals surface area contributed by atoms with E-state index in [2.05, 4.69) is 15.2 Å². The number of ether oxygens (including phenoxy) is 2. The number of allylic oxidation sites excluding steroid dienone is 1. The second-order valence-corrected chi connectivity index (χ2v) is 11.0. The normalized spacial score (nSPS) is 20.1. The quantitative estimate of drug-likeness (QED) is 0.190. The molecule has 2 atom stereocenters. The Bertz CT molecular complexity index is 1410. The van der Waals surface area contributed by atoms with Crippen LogP contribution < -0.4 is 5.32 Å². The first-order chi connectivity index (χ1) is 20.6. The molecule has 1 fully saturated rings. The van der Waals surface area contributed by atoms with E-state index in [9.17, 15) is 24.5 Å². The maximum absolute atomic E-state index is 13.6. The number of hydrogen-bond donors (Lipinski definition) is 1. The van der Waals surface area contributed by atoms with E-state index in [4.69, 9.17) is 9.47 Å². The number of carbonyl (C=O) groups is 3. The van der Waals surface area contributed by atoms with Gasteiger partial charge in [0, 0.05) is 41.6 Å². The zero-order chi connectivity index (χ0) is 31.1. The van der Waals surface area contributed by atoms with Gasteiger partial charge in [0.2, 0.25) is 5.91 Å². The van der Waals surface area contributed by atoms with Crippen LogP contribution in [-0.4, -0.2) is 73.8 Å². The number of likely N-dealkylation sites (tertiary alicyclic amines) is 1. The first kappa shape index (κ1) is 31.6. The Hall–Kier alpha value is -4.38. The average Bonchev–Trinajstić information content (AvgIpc) is 3.02. The highest BCUT2D eigenvalue weighted by molar-refractivity contribution is 6.07. The molecule has 2 heterocycles. The smallest absolute Gasteiger partial charge is 0.316 e. The van der Waals surface area contributed by atoms with Gasteiger partial charge in [-0.25, -0.2) is 0 Å². The topological polar surface area (TPSA) is 140 Å². The molecule has 228 valence electrons. The molecule has 1 amide bonds. The third-order valence-electron chi connectivity index (χ3n) is 8.54. The summed E-state index contributed by atoms with van der Waals surface area (Å²) in [5, 5.41) is 14.2. The van der Waals surface area contributed by atoms with Crippen LogP contribution in [0, 0.1) is 16.0 Å². The summed E-state index contributed by atoms with van der Waals surface area (Å²) in [4.78, 5) is 56.7. The van der Waals surface area contributed by atoms with E-state index in [0.29, 0.717) is 48.4 Å². The Kier molecular flexibility index (Phi) is 10.1. The monoisotopic (exact) mass is 590 g/mol. The van der Waals surface area contributed by atoms with Crippen LogP contribution in [0.5, 0.6) is 0 Å². The largest absolute Gasteiger partial charge is 0.468 e. The summed E-state index contributed by atoms with van der Waals surface area (Å²) in [6.07, 6.45) is 1.97. The average molecular weight is 591 g/mol. The lowest BCUT2D eigenvalue weighted by molar-refractivity contribution is -0.384. The Balaban J connectivity index is 1.42. The predicted octanol–water partition coefficient (Wildman–Crippen LogP) is 3.93. The van der Waals surface area contributed by atoms with Crippen LogP contribution in [0.3, 0.4) is 0 Å². The predicted molar refractivity (Wildman–Crippen MR) is 161 cm³/mol. The fourth-order valence-corrected chi connectivity index (χ4v) is 6.25. The number of esters is 2. The second kappa shape index (κ2) is 13.7. The van der Waals surface area contributed by atoms with Crippen molar-refractivity contribution >= 4 is 29.2 Å². The molecule has 4 rings (SSSR count). The van der Waals surface area contributed by atoms with Crippen LogP contribution in [0.15, 0.2) is 70.9 Å². The van der Waals surface area contributed by atoms with Crippen molar-refractivity contribution in [3.63, 3.8) is 0 Å². The molecule has 2 unspecified atom stereocenters. The van der Waals surface area contributed by atoms with Crippen molar-refractivity contribution in [3.05, 3.63) is 87.1 Å². The molecule has 43 heavy (non-hydrogen) atoms. The van der Waals surface area contributed by atoms with Crippen LogP contribution in [0.25, 0.3) is 0 Å². The number of non-ortho nitro benzene ring substituents is 1. The number of amides is 1. The van der Waals surface area contributed by atoms with Crippen molar-refractivity contribution < 1.29 is 28.8 Å². The minimum atomic E-state index is -0.844. The Labute approximate surface area is 251 Å². The third kappa shape index (κ3) is 6.67. The van der Waals surface area contributed by atoms with Crippen LogP contribution >= 0.6 is 0 Å². The van der Waals surface area contributed by atoms with Crippen molar-refractivity contribution in [2.24, 2.45) is 10.9 Å². The summed E-state index contributed by atoms with van der Waals surface area (Å²) < 4.78 is 10.2. The van der Waals surface area contributed by atoms with Gasteiger partial charge in [0.05, 0.1) is 24.6 Å². The number of methoxy groups -OCH3 is 2. The number of benzene rings is 2. The number of piperidine rings is 1. The molecule has 1 N–H and O–H groups in total. The molecule has 11 nitrogen and oxygen atoms in total. The summed E-state index contributed by atoms with van der Waals surface area (Å²) in [7, 11) is 2.71. The Morgan fingerprint density at radius 2 is 1.67 bits per heavy atom. The first-order valence-corrected chi connectivity index (χ1v) is 14.4. The third-order valence-corrected chi connectivity index (χ3v) is 8.54. The first-order valence-electron chi connectivity index (χ1n) is 14.4. The maximum atomic E-state index is 13.6. The molecular weight excluding hydrogens is 552 g/mol. The van der Waals surface area contributed by atoms with Crippen LogP contribution in [0.2, 0.25) is 0 Å². The number of aliphatic imine (C=N–C) groups is 1. The van der Waals surface area contributed by atoms with Gasteiger partial charge in [0.1, 0.15) is 5.92 Å². The molecular formula is C32H38N4O7. The van der Waals surface area contributed by atoms with Crippen molar-refractivity contribution in [3.8, 4) is 0 Å². The molecule has 2 aromatic carbocycles. The maximum Gasteiger partial charge on any atom is 0.316 e. The van der Waals surface area contributed by atoms with Crippen LogP contribution in [-0.2, 0) is 29.3 Å². The van der Waals surface area contributed by atoms with Gasteiger partial charge >= 0.3 is 11.9 Å². The lowest BCUT2D eigenvalue weighted by Gasteiger charge is -2.40. The molecule has 2 aliphatic heterocycles. The molecule has 2 aromatic rings. The molecule has 0 saturated carbocycles. The SMILES string of the molecule is COC(=O)C1C(C)=NC(C)=C(C(=O)NCCCN2CCC(C(=O)OC)(c3ccccc3)CC2)C1c1ccc([N+](=O)[O-])cc1. The van der Waals surface area contributed by atoms with Crippen LogP contribution in [0.4, 0.5) is 5.69 Å². The number of nitrogens with zero attached hydrogens (tertiary/aromatic N) is 3. The fourth-order valence-electron chi connectivity index (χ4n) is 6.25. The molecule has 0 spiro atoms. The lowest BCUT2D eigenvalue weighted by atomic mass is 9.72. The fraction of sp³-hybridized carbons (Fsp3) is 0.438. The highest BCUT2D eigenvalue weighted by atomic mass is 16.6. The standard InChI is InChI=1S/C32H38N4O7/c1-21-26(28(27(22(2)34-21)30(38)42-3)23-11-13-25(14-12-23)36(40)41)29(37)33-17-8-18-35-19-15-32(16-20-35,31(39)43-4)24-9-6-5-7-10-24/h5-7,9-14,27-28H,8,15-20H2,1-4H3,(H,33,37). The summed E-state index contributed by atoms with van der Waals surface area (Å²) in [6, 6.07) is 15.6. The zero-order valence-corrected chi connectivity index (χ0v) is 25.0. The Morgan fingerprint density at radius 3 is 2.26 bits per heavy atom. The van der Waals surface area contributed by atoms with Gasteiger partial charge in [-0.15, -0.1) is 0 Å². The molecule has 2 aliphatic rings. The highest BCUT2D eigenvalue weighted by Crippen LogP contribution is 2.40. The number of nitro benzene ring substituents is 1. The molecule has 0 bridgehead atoms. The van der Waals surface area contributed by atoms with Gasteiger partial charge < -0.3 is 19.7 Å². The number of carbonyl (C=O) groups excluding carboxylic acids is 3. The molecule has 11 heteroatoms. The van der Waals surface area contributed by atoms with E-state index in [0.717, 1.165) is 25.2 Å². The second-order valence-electron chi connectivity index (χ2n) is 11.0. The van der Waals surface area contributed by atoms with Crippen molar-refractivity contribution in [2.75, 3.05) is 40.4 Å². The summed E-state index contributed by atoms with van der Waals surface area (Å²) in [5.41, 5.74) is 2.13. The molecule has 1 saturated heterocycles. The summed E-state index contributed by atoms with van der Waals surface area (Å²) in [6.45, 7) is 6.00.